The average Bonchev–Trinajstić information content (AvgIpc) is 2.73. The molecule has 0 aromatic carbocycles. The maximum atomic E-state index is 10.3. The van der Waals surface area contributed by atoms with Crippen molar-refractivity contribution < 1.29 is 14.6 Å². The maximum Gasteiger partial charge on any atom is 0.157 e. The Labute approximate surface area is 174 Å². The van der Waals surface area contributed by atoms with Gasteiger partial charge in [0.2, 0.25) is 0 Å². The fraction of sp³-hybridized carbons (Fsp3) is 0.920. The Morgan fingerprint density at radius 3 is 2.57 bits per heavy atom. The normalized spacial score (nSPS) is 23.9. The van der Waals surface area contributed by atoms with Crippen LogP contribution in [0.5, 0.6) is 0 Å². The Balaban J connectivity index is 1.61. The second kappa shape index (κ2) is 14.6. The van der Waals surface area contributed by atoms with Gasteiger partial charge in [-0.15, -0.1) is 0 Å². The SMILES string of the molecule is CCCCCC(O)C=CC1(CCCCCCOC2CCCCO2)CCCCC1. The van der Waals surface area contributed by atoms with Crippen molar-refractivity contribution in [1.29, 1.82) is 0 Å². The smallest absolute Gasteiger partial charge is 0.157 e. The molecular weight excluding hydrogens is 348 g/mol. The van der Waals surface area contributed by atoms with Crippen LogP contribution in [0, 0.1) is 5.41 Å². The zero-order chi connectivity index (χ0) is 19.9. The Morgan fingerprint density at radius 2 is 1.82 bits per heavy atom. The molecule has 0 bridgehead atoms. The summed E-state index contributed by atoms with van der Waals surface area (Å²) >= 11 is 0. The van der Waals surface area contributed by atoms with Gasteiger partial charge >= 0.3 is 0 Å². The highest BCUT2D eigenvalue weighted by Crippen LogP contribution is 2.42. The summed E-state index contributed by atoms with van der Waals surface area (Å²) < 4.78 is 11.5. The van der Waals surface area contributed by atoms with E-state index in [1.54, 1.807) is 0 Å². The monoisotopic (exact) mass is 394 g/mol. The van der Waals surface area contributed by atoms with Crippen molar-refractivity contribution in [1.82, 2.24) is 0 Å². The largest absolute Gasteiger partial charge is 0.389 e. The molecule has 164 valence electrons. The van der Waals surface area contributed by atoms with Gasteiger partial charge in [0.05, 0.1) is 6.10 Å². The minimum absolute atomic E-state index is 0.0631. The van der Waals surface area contributed by atoms with Crippen molar-refractivity contribution in [3.8, 4) is 0 Å². The van der Waals surface area contributed by atoms with Crippen LogP contribution >= 0.6 is 0 Å². The number of aliphatic hydroxyl groups excluding tert-OH is 1. The summed E-state index contributed by atoms with van der Waals surface area (Å²) in [7, 11) is 0. The van der Waals surface area contributed by atoms with Gasteiger partial charge in [0, 0.05) is 13.2 Å². The van der Waals surface area contributed by atoms with Crippen molar-refractivity contribution in [3.05, 3.63) is 12.2 Å². The summed E-state index contributed by atoms with van der Waals surface area (Å²) in [4.78, 5) is 0. The minimum atomic E-state index is -0.246. The topological polar surface area (TPSA) is 38.7 Å². The molecule has 0 amide bonds. The maximum absolute atomic E-state index is 10.3. The lowest BCUT2D eigenvalue weighted by molar-refractivity contribution is -0.162. The highest BCUT2D eigenvalue weighted by Gasteiger charge is 2.28. The molecular formula is C25H46O3. The van der Waals surface area contributed by atoms with Gasteiger partial charge in [0.15, 0.2) is 6.29 Å². The molecule has 2 aliphatic rings. The van der Waals surface area contributed by atoms with E-state index in [1.165, 1.54) is 83.5 Å². The second-order valence-electron chi connectivity index (χ2n) is 9.18. The van der Waals surface area contributed by atoms with Crippen molar-refractivity contribution in [2.45, 2.75) is 128 Å². The third-order valence-electron chi connectivity index (χ3n) is 6.64. The molecule has 2 atom stereocenters. The minimum Gasteiger partial charge on any atom is -0.389 e. The predicted molar refractivity (Wildman–Crippen MR) is 117 cm³/mol. The Morgan fingerprint density at radius 1 is 1.00 bits per heavy atom. The van der Waals surface area contributed by atoms with E-state index in [0.717, 1.165) is 38.9 Å². The first-order valence-electron chi connectivity index (χ1n) is 12.3. The van der Waals surface area contributed by atoms with Gasteiger partial charge < -0.3 is 14.6 Å². The number of hydrogen-bond acceptors (Lipinski definition) is 3. The quantitative estimate of drug-likeness (QED) is 0.256. The summed E-state index contributed by atoms with van der Waals surface area (Å²) in [5.41, 5.74) is 0.358. The molecule has 2 rings (SSSR count). The summed E-state index contributed by atoms with van der Waals surface area (Å²) in [6, 6.07) is 0. The van der Waals surface area contributed by atoms with Gasteiger partial charge in [-0.1, -0.05) is 76.9 Å². The third-order valence-corrected chi connectivity index (χ3v) is 6.64. The van der Waals surface area contributed by atoms with Gasteiger partial charge in [-0.2, -0.15) is 0 Å². The lowest BCUT2D eigenvalue weighted by Crippen LogP contribution is -2.23. The van der Waals surface area contributed by atoms with Crippen molar-refractivity contribution in [2.75, 3.05) is 13.2 Å². The number of ether oxygens (including phenoxy) is 2. The van der Waals surface area contributed by atoms with Gasteiger partial charge in [-0.3, -0.25) is 0 Å². The molecule has 1 aliphatic heterocycles. The first-order valence-corrected chi connectivity index (χ1v) is 12.3. The standard InChI is InChI=1S/C25H46O3/c1-2-3-7-14-23(26)16-20-25(18-10-6-11-19-25)17-9-4-5-12-21-27-24-15-8-13-22-28-24/h16,20,23-24,26H,2-15,17-19,21-22H2,1H3. The first kappa shape index (κ1) is 23.9. The van der Waals surface area contributed by atoms with Gasteiger partial charge in [-0.25, -0.2) is 0 Å². The molecule has 0 radical (unpaired) electrons. The highest BCUT2D eigenvalue weighted by molar-refractivity contribution is 5.03. The number of unbranched alkanes of at least 4 members (excludes halogenated alkanes) is 5. The van der Waals surface area contributed by atoms with Crippen molar-refractivity contribution in [2.24, 2.45) is 5.41 Å². The Hall–Kier alpha value is -0.380. The number of hydrogen-bond donors (Lipinski definition) is 1. The number of aliphatic hydroxyl groups is 1. The van der Waals surface area contributed by atoms with E-state index < -0.39 is 0 Å². The van der Waals surface area contributed by atoms with Crippen molar-refractivity contribution >= 4 is 0 Å². The molecule has 1 heterocycles. The third kappa shape index (κ3) is 9.89. The molecule has 0 spiro atoms. The molecule has 3 heteroatoms. The average molecular weight is 395 g/mol. The summed E-state index contributed by atoms with van der Waals surface area (Å²) in [5, 5.41) is 10.3. The van der Waals surface area contributed by atoms with Gasteiger partial charge in [0.1, 0.15) is 0 Å². The fourth-order valence-corrected chi connectivity index (χ4v) is 4.76. The lowest BCUT2D eigenvalue weighted by Gasteiger charge is -2.35. The summed E-state index contributed by atoms with van der Waals surface area (Å²) in [5.74, 6) is 0. The molecule has 2 unspecified atom stereocenters. The second-order valence-corrected chi connectivity index (χ2v) is 9.18. The van der Waals surface area contributed by atoms with Crippen LogP contribution < -0.4 is 0 Å². The van der Waals surface area contributed by atoms with Crippen LogP contribution in [0.3, 0.4) is 0 Å². The van der Waals surface area contributed by atoms with E-state index in [0.29, 0.717) is 5.41 Å². The zero-order valence-electron chi connectivity index (χ0n) is 18.5. The Bertz CT molecular complexity index is 395. The predicted octanol–water partition coefficient (Wildman–Crippen LogP) is 6.93. The molecule has 2 fully saturated rings. The number of rotatable bonds is 14. The zero-order valence-corrected chi connectivity index (χ0v) is 18.5. The van der Waals surface area contributed by atoms with Crippen LogP contribution in [0.15, 0.2) is 12.2 Å². The van der Waals surface area contributed by atoms with Crippen molar-refractivity contribution in [3.63, 3.8) is 0 Å². The summed E-state index contributed by atoms with van der Waals surface area (Å²) in [6.45, 7) is 3.93. The molecule has 1 aliphatic carbocycles. The van der Waals surface area contributed by atoms with Gasteiger partial charge in [0.25, 0.3) is 0 Å². The Kier molecular flexibility index (Phi) is 12.4. The van der Waals surface area contributed by atoms with E-state index in [-0.39, 0.29) is 12.4 Å². The first-order chi connectivity index (χ1) is 13.7. The van der Waals surface area contributed by atoms with E-state index in [2.05, 4.69) is 19.1 Å². The van der Waals surface area contributed by atoms with E-state index in [4.69, 9.17) is 9.47 Å². The molecule has 1 saturated carbocycles. The molecule has 1 N–H and O–H groups in total. The molecule has 0 aromatic heterocycles. The van der Waals surface area contributed by atoms with Crippen LogP contribution in [0.1, 0.15) is 116 Å². The fourth-order valence-electron chi connectivity index (χ4n) is 4.76. The molecule has 3 nitrogen and oxygen atoms in total. The van der Waals surface area contributed by atoms with Crippen LogP contribution in [0.4, 0.5) is 0 Å². The van der Waals surface area contributed by atoms with Crippen LogP contribution in [-0.2, 0) is 9.47 Å². The lowest BCUT2D eigenvalue weighted by atomic mass is 9.70. The van der Waals surface area contributed by atoms with E-state index in [9.17, 15) is 5.11 Å². The van der Waals surface area contributed by atoms with Crippen LogP contribution in [-0.4, -0.2) is 30.7 Å². The summed E-state index contributed by atoms with van der Waals surface area (Å²) in [6.07, 6.45) is 25.4. The molecule has 28 heavy (non-hydrogen) atoms. The van der Waals surface area contributed by atoms with Crippen LogP contribution in [0.2, 0.25) is 0 Å². The van der Waals surface area contributed by atoms with Gasteiger partial charge in [-0.05, 0) is 56.8 Å². The highest BCUT2D eigenvalue weighted by atomic mass is 16.7. The number of allylic oxidation sites excluding steroid dienone is 1. The van der Waals surface area contributed by atoms with E-state index in [1.807, 2.05) is 0 Å². The van der Waals surface area contributed by atoms with E-state index >= 15 is 0 Å². The molecule has 0 aromatic rings. The van der Waals surface area contributed by atoms with Crippen LogP contribution in [0.25, 0.3) is 0 Å². The molecule has 1 saturated heterocycles.